The van der Waals surface area contributed by atoms with Gasteiger partial charge in [-0.05, 0) is 70.5 Å². The summed E-state index contributed by atoms with van der Waals surface area (Å²) in [6.45, 7) is 4.25. The largest absolute Gasteiger partial charge is 0.0616 e. The SMILES string of the molecule is Cc1ccc(-c2cccc(-c3ccccc3-c3cccc(-c4ccc(C)cc4)c3)c2)cc1. The predicted octanol–water partition coefficient (Wildman–Crippen LogP) is 8.97. The van der Waals surface area contributed by atoms with Crippen LogP contribution in [-0.4, -0.2) is 0 Å². The third-order valence-electron chi connectivity index (χ3n) is 6.04. The first-order valence-corrected chi connectivity index (χ1v) is 11.1. The highest BCUT2D eigenvalue weighted by atomic mass is 14.1. The molecule has 5 aromatic carbocycles. The molecule has 5 aromatic rings. The highest BCUT2D eigenvalue weighted by Gasteiger charge is 2.09. The molecule has 0 fully saturated rings. The van der Waals surface area contributed by atoms with Crippen molar-refractivity contribution in [2.24, 2.45) is 0 Å². The molecule has 0 unspecified atom stereocenters. The molecule has 0 aliphatic rings. The van der Waals surface area contributed by atoms with Gasteiger partial charge in [0.25, 0.3) is 0 Å². The minimum Gasteiger partial charge on any atom is -0.0616 e. The molecule has 32 heavy (non-hydrogen) atoms. The first kappa shape index (κ1) is 20.0. The van der Waals surface area contributed by atoms with Gasteiger partial charge in [0.2, 0.25) is 0 Å². The summed E-state index contributed by atoms with van der Waals surface area (Å²) in [6, 6.07) is 43.9. The Morgan fingerprint density at radius 3 is 1.09 bits per heavy atom. The average molecular weight is 411 g/mol. The fourth-order valence-corrected chi connectivity index (χ4v) is 4.21. The zero-order valence-electron chi connectivity index (χ0n) is 18.5. The average Bonchev–Trinajstić information content (AvgIpc) is 2.85. The second kappa shape index (κ2) is 8.69. The molecule has 0 heteroatoms. The van der Waals surface area contributed by atoms with Gasteiger partial charge in [0.1, 0.15) is 0 Å². The van der Waals surface area contributed by atoms with Crippen LogP contribution in [-0.2, 0) is 0 Å². The topological polar surface area (TPSA) is 0 Å². The Hall–Kier alpha value is -3.90. The van der Waals surface area contributed by atoms with Crippen molar-refractivity contribution in [3.8, 4) is 44.5 Å². The summed E-state index contributed by atoms with van der Waals surface area (Å²) in [5.41, 5.74) is 12.5. The summed E-state index contributed by atoms with van der Waals surface area (Å²) in [6.07, 6.45) is 0. The van der Waals surface area contributed by atoms with Gasteiger partial charge in [-0.25, -0.2) is 0 Å². The van der Waals surface area contributed by atoms with Gasteiger partial charge in [-0.15, -0.1) is 0 Å². The van der Waals surface area contributed by atoms with E-state index in [1.165, 1.54) is 55.6 Å². The number of hydrogen-bond donors (Lipinski definition) is 0. The van der Waals surface area contributed by atoms with Crippen LogP contribution in [0.15, 0.2) is 121 Å². The Kier molecular flexibility index (Phi) is 5.44. The van der Waals surface area contributed by atoms with Crippen molar-refractivity contribution in [3.05, 3.63) is 132 Å². The van der Waals surface area contributed by atoms with Crippen LogP contribution in [0, 0.1) is 13.8 Å². The summed E-state index contributed by atoms with van der Waals surface area (Å²) in [4.78, 5) is 0. The highest BCUT2D eigenvalue weighted by Crippen LogP contribution is 2.35. The van der Waals surface area contributed by atoms with E-state index in [1.54, 1.807) is 0 Å². The fraction of sp³-hybridized carbons (Fsp3) is 0.0625. The number of hydrogen-bond acceptors (Lipinski definition) is 0. The first-order valence-electron chi connectivity index (χ1n) is 11.1. The third-order valence-corrected chi connectivity index (χ3v) is 6.04. The van der Waals surface area contributed by atoms with Crippen LogP contribution >= 0.6 is 0 Å². The van der Waals surface area contributed by atoms with Crippen LogP contribution in [0.4, 0.5) is 0 Å². The second-order valence-electron chi connectivity index (χ2n) is 8.44. The van der Waals surface area contributed by atoms with Crippen LogP contribution in [0.2, 0.25) is 0 Å². The maximum Gasteiger partial charge on any atom is -0.0105 e. The van der Waals surface area contributed by atoms with E-state index in [0.717, 1.165) is 0 Å². The van der Waals surface area contributed by atoms with E-state index in [-0.39, 0.29) is 0 Å². The minimum atomic E-state index is 1.24. The molecule has 0 spiro atoms. The molecule has 0 aliphatic carbocycles. The summed E-state index contributed by atoms with van der Waals surface area (Å²) >= 11 is 0. The van der Waals surface area contributed by atoms with Crippen molar-refractivity contribution in [2.75, 3.05) is 0 Å². The van der Waals surface area contributed by atoms with Crippen LogP contribution < -0.4 is 0 Å². The van der Waals surface area contributed by atoms with Gasteiger partial charge in [-0.1, -0.05) is 120 Å². The van der Waals surface area contributed by atoms with Crippen LogP contribution in [0.3, 0.4) is 0 Å². The molecular formula is C32H26. The lowest BCUT2D eigenvalue weighted by Gasteiger charge is -2.13. The van der Waals surface area contributed by atoms with Crippen molar-refractivity contribution in [3.63, 3.8) is 0 Å². The van der Waals surface area contributed by atoms with E-state index < -0.39 is 0 Å². The lowest BCUT2D eigenvalue weighted by molar-refractivity contribution is 1.47. The van der Waals surface area contributed by atoms with E-state index in [1.807, 2.05) is 0 Å². The molecule has 0 saturated carbocycles. The summed E-state index contributed by atoms with van der Waals surface area (Å²) in [7, 11) is 0. The van der Waals surface area contributed by atoms with Crippen molar-refractivity contribution in [1.29, 1.82) is 0 Å². The molecule has 0 aliphatic heterocycles. The standard InChI is InChI=1S/C32H26/c1-23-13-17-25(18-14-23)27-7-5-9-29(21-27)31-11-3-4-12-32(31)30-10-6-8-28(22-30)26-19-15-24(2)16-20-26/h3-22H,1-2H3. The van der Waals surface area contributed by atoms with Gasteiger partial charge in [-0.2, -0.15) is 0 Å². The van der Waals surface area contributed by atoms with Gasteiger partial charge in [-0.3, -0.25) is 0 Å². The maximum atomic E-state index is 2.30. The smallest absolute Gasteiger partial charge is 0.0105 e. The van der Waals surface area contributed by atoms with Crippen LogP contribution in [0.1, 0.15) is 11.1 Å². The summed E-state index contributed by atoms with van der Waals surface area (Å²) in [5.74, 6) is 0. The fourth-order valence-electron chi connectivity index (χ4n) is 4.21. The van der Waals surface area contributed by atoms with E-state index >= 15 is 0 Å². The van der Waals surface area contributed by atoms with E-state index in [2.05, 4.69) is 135 Å². The number of benzene rings is 5. The number of aryl methyl sites for hydroxylation is 2. The highest BCUT2D eigenvalue weighted by molar-refractivity contribution is 5.86. The minimum absolute atomic E-state index is 1.24. The van der Waals surface area contributed by atoms with Gasteiger partial charge in [0.15, 0.2) is 0 Å². The van der Waals surface area contributed by atoms with Crippen LogP contribution in [0.25, 0.3) is 44.5 Å². The van der Waals surface area contributed by atoms with Gasteiger partial charge in [0, 0.05) is 0 Å². The third kappa shape index (κ3) is 4.13. The normalized spacial score (nSPS) is 10.8. The van der Waals surface area contributed by atoms with Gasteiger partial charge < -0.3 is 0 Å². The first-order chi connectivity index (χ1) is 15.7. The maximum absolute atomic E-state index is 2.30. The molecule has 0 aromatic heterocycles. The predicted molar refractivity (Wildman–Crippen MR) is 138 cm³/mol. The Bertz CT molecular complexity index is 1250. The summed E-state index contributed by atoms with van der Waals surface area (Å²) < 4.78 is 0. The molecule has 0 radical (unpaired) electrons. The molecule has 0 atom stereocenters. The summed E-state index contributed by atoms with van der Waals surface area (Å²) in [5, 5.41) is 0. The molecule has 0 amide bonds. The van der Waals surface area contributed by atoms with Gasteiger partial charge in [0.05, 0.1) is 0 Å². The number of rotatable bonds is 4. The molecular weight excluding hydrogens is 384 g/mol. The molecule has 0 nitrogen and oxygen atoms in total. The molecule has 0 heterocycles. The second-order valence-corrected chi connectivity index (χ2v) is 8.44. The molecule has 0 saturated heterocycles. The Balaban J connectivity index is 1.57. The van der Waals surface area contributed by atoms with Gasteiger partial charge >= 0.3 is 0 Å². The Morgan fingerprint density at radius 2 is 0.688 bits per heavy atom. The Labute approximate surface area is 190 Å². The molecule has 0 bridgehead atoms. The van der Waals surface area contributed by atoms with E-state index in [9.17, 15) is 0 Å². The zero-order valence-corrected chi connectivity index (χ0v) is 18.5. The molecule has 154 valence electrons. The van der Waals surface area contributed by atoms with Crippen LogP contribution in [0.5, 0.6) is 0 Å². The van der Waals surface area contributed by atoms with Crippen molar-refractivity contribution >= 4 is 0 Å². The lowest BCUT2D eigenvalue weighted by Crippen LogP contribution is -1.87. The van der Waals surface area contributed by atoms with E-state index in [0.29, 0.717) is 0 Å². The monoisotopic (exact) mass is 410 g/mol. The lowest BCUT2D eigenvalue weighted by atomic mass is 9.91. The molecule has 0 N–H and O–H groups in total. The molecule has 5 rings (SSSR count). The Morgan fingerprint density at radius 1 is 0.312 bits per heavy atom. The van der Waals surface area contributed by atoms with E-state index in [4.69, 9.17) is 0 Å². The van der Waals surface area contributed by atoms with Crippen molar-refractivity contribution in [2.45, 2.75) is 13.8 Å². The quantitative estimate of drug-likeness (QED) is 0.277. The van der Waals surface area contributed by atoms with Crippen molar-refractivity contribution < 1.29 is 0 Å². The van der Waals surface area contributed by atoms with Crippen molar-refractivity contribution in [1.82, 2.24) is 0 Å². The zero-order chi connectivity index (χ0) is 21.9.